The summed E-state index contributed by atoms with van der Waals surface area (Å²) in [6, 6.07) is 15.7. The Labute approximate surface area is 137 Å². The Bertz CT molecular complexity index is 656. The Kier molecular flexibility index (Phi) is 4.44. The van der Waals surface area contributed by atoms with Crippen LogP contribution in [0.4, 0.5) is 0 Å². The highest BCUT2D eigenvalue weighted by Crippen LogP contribution is 2.25. The zero-order valence-corrected chi connectivity index (χ0v) is 13.6. The fourth-order valence-corrected chi connectivity index (χ4v) is 2.89. The van der Waals surface area contributed by atoms with Crippen molar-refractivity contribution >= 4 is 5.91 Å². The van der Waals surface area contributed by atoms with E-state index >= 15 is 0 Å². The SMILES string of the molecule is CC1(C)COC(Cc2ccccc2)CN1C(=O)c1ccccn1. The first-order valence-electron chi connectivity index (χ1n) is 7.95. The van der Waals surface area contributed by atoms with Gasteiger partial charge in [0.25, 0.3) is 5.91 Å². The van der Waals surface area contributed by atoms with E-state index in [-0.39, 0.29) is 17.6 Å². The second-order valence-electron chi connectivity index (χ2n) is 6.57. The number of ether oxygens (including phenoxy) is 1. The van der Waals surface area contributed by atoms with E-state index in [0.29, 0.717) is 18.8 Å². The molecule has 0 aliphatic carbocycles. The van der Waals surface area contributed by atoms with Gasteiger partial charge in [0.15, 0.2) is 0 Å². The first kappa shape index (κ1) is 15.7. The molecule has 1 unspecified atom stereocenters. The summed E-state index contributed by atoms with van der Waals surface area (Å²) in [7, 11) is 0. The van der Waals surface area contributed by atoms with Crippen molar-refractivity contribution in [2.24, 2.45) is 0 Å². The summed E-state index contributed by atoms with van der Waals surface area (Å²) in [5.74, 6) is -0.0306. The quantitative estimate of drug-likeness (QED) is 0.875. The lowest BCUT2D eigenvalue weighted by Gasteiger charge is -2.45. The molecule has 1 atom stereocenters. The monoisotopic (exact) mass is 310 g/mol. The first-order valence-corrected chi connectivity index (χ1v) is 7.95. The van der Waals surface area contributed by atoms with Gasteiger partial charge in [0.1, 0.15) is 5.69 Å². The van der Waals surface area contributed by atoms with Crippen LogP contribution in [0.3, 0.4) is 0 Å². The summed E-state index contributed by atoms with van der Waals surface area (Å²) in [6.07, 6.45) is 2.48. The largest absolute Gasteiger partial charge is 0.374 e. The maximum Gasteiger partial charge on any atom is 0.273 e. The Morgan fingerprint density at radius 1 is 1.22 bits per heavy atom. The van der Waals surface area contributed by atoms with Crippen molar-refractivity contribution in [3.8, 4) is 0 Å². The van der Waals surface area contributed by atoms with Crippen LogP contribution >= 0.6 is 0 Å². The third-order valence-corrected chi connectivity index (χ3v) is 4.22. The van der Waals surface area contributed by atoms with Gasteiger partial charge in [0.05, 0.1) is 18.2 Å². The number of nitrogens with zero attached hydrogens (tertiary/aromatic N) is 2. The average molecular weight is 310 g/mol. The summed E-state index contributed by atoms with van der Waals surface area (Å²) in [5.41, 5.74) is 1.38. The molecule has 0 saturated carbocycles. The Balaban J connectivity index is 1.76. The van der Waals surface area contributed by atoms with Gasteiger partial charge in [-0.15, -0.1) is 0 Å². The second-order valence-corrected chi connectivity index (χ2v) is 6.57. The fraction of sp³-hybridized carbons (Fsp3) is 0.368. The molecule has 1 aliphatic rings. The lowest BCUT2D eigenvalue weighted by Crippen LogP contribution is -2.58. The van der Waals surface area contributed by atoms with E-state index in [1.54, 1.807) is 12.3 Å². The minimum atomic E-state index is -0.332. The van der Waals surface area contributed by atoms with Gasteiger partial charge < -0.3 is 9.64 Å². The number of benzene rings is 1. The van der Waals surface area contributed by atoms with Crippen LogP contribution in [-0.2, 0) is 11.2 Å². The van der Waals surface area contributed by atoms with E-state index in [4.69, 9.17) is 4.74 Å². The summed E-state index contributed by atoms with van der Waals surface area (Å²) in [4.78, 5) is 18.9. The smallest absolute Gasteiger partial charge is 0.273 e. The van der Waals surface area contributed by atoms with Crippen molar-refractivity contribution in [3.05, 3.63) is 66.0 Å². The van der Waals surface area contributed by atoms with Gasteiger partial charge >= 0.3 is 0 Å². The molecule has 23 heavy (non-hydrogen) atoms. The van der Waals surface area contributed by atoms with E-state index < -0.39 is 0 Å². The van der Waals surface area contributed by atoms with Gasteiger partial charge in [-0.05, 0) is 31.5 Å². The molecule has 120 valence electrons. The van der Waals surface area contributed by atoms with E-state index in [1.165, 1.54) is 5.56 Å². The molecule has 1 aromatic heterocycles. The minimum Gasteiger partial charge on any atom is -0.374 e. The van der Waals surface area contributed by atoms with Crippen LogP contribution in [0.1, 0.15) is 29.9 Å². The fourth-order valence-electron chi connectivity index (χ4n) is 2.89. The van der Waals surface area contributed by atoms with Crippen molar-refractivity contribution in [1.29, 1.82) is 0 Å². The first-order chi connectivity index (χ1) is 11.1. The lowest BCUT2D eigenvalue weighted by atomic mass is 9.97. The molecule has 0 N–H and O–H groups in total. The van der Waals surface area contributed by atoms with E-state index in [0.717, 1.165) is 6.42 Å². The number of hydrogen-bond acceptors (Lipinski definition) is 3. The number of morpholine rings is 1. The molecule has 2 heterocycles. The number of amides is 1. The Morgan fingerprint density at radius 3 is 2.65 bits per heavy atom. The van der Waals surface area contributed by atoms with Gasteiger partial charge in [-0.3, -0.25) is 9.78 Å². The van der Waals surface area contributed by atoms with Gasteiger partial charge in [-0.1, -0.05) is 36.4 Å². The lowest BCUT2D eigenvalue weighted by molar-refractivity contribution is -0.0823. The molecule has 1 aliphatic heterocycles. The topological polar surface area (TPSA) is 42.4 Å². The predicted molar refractivity (Wildman–Crippen MR) is 89.2 cm³/mol. The highest BCUT2D eigenvalue weighted by atomic mass is 16.5. The van der Waals surface area contributed by atoms with Crippen molar-refractivity contribution in [2.45, 2.75) is 31.9 Å². The molecule has 2 aromatic rings. The standard InChI is InChI=1S/C19H22N2O2/c1-19(2)14-23-16(12-15-8-4-3-5-9-15)13-21(19)18(22)17-10-6-7-11-20-17/h3-11,16H,12-14H2,1-2H3. The summed E-state index contributed by atoms with van der Waals surface area (Å²) in [6.45, 7) is 5.18. The van der Waals surface area contributed by atoms with Crippen molar-refractivity contribution < 1.29 is 9.53 Å². The third kappa shape index (κ3) is 3.59. The molecule has 1 fully saturated rings. The highest BCUT2D eigenvalue weighted by molar-refractivity contribution is 5.92. The van der Waals surface area contributed by atoms with E-state index in [1.807, 2.05) is 49.1 Å². The van der Waals surface area contributed by atoms with Gasteiger partial charge in [0, 0.05) is 19.2 Å². The van der Waals surface area contributed by atoms with Crippen LogP contribution in [0.25, 0.3) is 0 Å². The van der Waals surface area contributed by atoms with Crippen LogP contribution in [0.15, 0.2) is 54.7 Å². The number of carbonyl (C=O) groups is 1. The van der Waals surface area contributed by atoms with Crippen LogP contribution < -0.4 is 0 Å². The molecule has 1 saturated heterocycles. The van der Waals surface area contributed by atoms with Crippen molar-refractivity contribution in [3.63, 3.8) is 0 Å². The maximum absolute atomic E-state index is 12.8. The maximum atomic E-state index is 12.8. The van der Waals surface area contributed by atoms with E-state index in [2.05, 4.69) is 17.1 Å². The molecule has 1 aromatic carbocycles. The highest BCUT2D eigenvalue weighted by Gasteiger charge is 2.38. The number of rotatable bonds is 3. The summed E-state index contributed by atoms with van der Waals surface area (Å²) < 4.78 is 6.00. The van der Waals surface area contributed by atoms with Crippen molar-refractivity contribution in [2.75, 3.05) is 13.2 Å². The number of hydrogen-bond donors (Lipinski definition) is 0. The molecule has 4 heteroatoms. The molecule has 1 amide bonds. The average Bonchev–Trinajstić information content (AvgIpc) is 2.57. The third-order valence-electron chi connectivity index (χ3n) is 4.22. The zero-order valence-electron chi connectivity index (χ0n) is 13.6. The molecular formula is C19H22N2O2. The molecule has 4 nitrogen and oxygen atoms in total. The van der Waals surface area contributed by atoms with Crippen LogP contribution in [0, 0.1) is 0 Å². The molecule has 0 bridgehead atoms. The molecule has 0 spiro atoms. The summed E-state index contributed by atoms with van der Waals surface area (Å²) in [5, 5.41) is 0. The van der Waals surface area contributed by atoms with E-state index in [9.17, 15) is 4.79 Å². The minimum absolute atomic E-state index is 0.0121. The number of carbonyl (C=O) groups excluding carboxylic acids is 1. The molecule has 0 radical (unpaired) electrons. The number of aromatic nitrogens is 1. The summed E-state index contributed by atoms with van der Waals surface area (Å²) >= 11 is 0. The van der Waals surface area contributed by atoms with Crippen molar-refractivity contribution in [1.82, 2.24) is 9.88 Å². The van der Waals surface area contributed by atoms with Crippen LogP contribution in [-0.4, -0.2) is 40.6 Å². The van der Waals surface area contributed by atoms with Gasteiger partial charge in [0.2, 0.25) is 0 Å². The molecule has 3 rings (SSSR count). The normalized spacial score (nSPS) is 20.3. The van der Waals surface area contributed by atoms with Crippen LogP contribution in [0.2, 0.25) is 0 Å². The number of pyridine rings is 1. The zero-order chi connectivity index (χ0) is 16.3. The Hall–Kier alpha value is -2.20. The molecular weight excluding hydrogens is 288 g/mol. The van der Waals surface area contributed by atoms with Gasteiger partial charge in [-0.2, -0.15) is 0 Å². The van der Waals surface area contributed by atoms with Gasteiger partial charge in [-0.25, -0.2) is 0 Å². The van der Waals surface area contributed by atoms with Crippen LogP contribution in [0.5, 0.6) is 0 Å². The Morgan fingerprint density at radius 2 is 1.96 bits per heavy atom. The predicted octanol–water partition coefficient (Wildman–Crippen LogP) is 2.94. The second kappa shape index (κ2) is 6.50.